The maximum atomic E-state index is 5.40. The third-order valence-electron chi connectivity index (χ3n) is 0.637. The lowest BCUT2D eigenvalue weighted by Crippen LogP contribution is -1.90. The van der Waals surface area contributed by atoms with E-state index in [2.05, 4.69) is 11.7 Å². The van der Waals surface area contributed by atoms with Crippen LogP contribution in [0.3, 0.4) is 0 Å². The molecule has 0 saturated heterocycles. The molecule has 0 aliphatic rings. The van der Waals surface area contributed by atoms with Crippen LogP contribution >= 0.6 is 11.8 Å². The van der Waals surface area contributed by atoms with Crippen molar-refractivity contribution in [3.05, 3.63) is 23.4 Å². The first kappa shape index (κ1) is 8.30. The fourth-order valence-electron chi connectivity index (χ4n) is 0.295. The largest absolute Gasteiger partial charge is 0.397 e. The molecule has 0 radical (unpaired) electrons. The number of allylic oxidation sites excluding steroid dienone is 1. The maximum absolute atomic E-state index is 5.40. The van der Waals surface area contributed by atoms with Gasteiger partial charge in [0.2, 0.25) is 0 Å². The minimum absolute atomic E-state index is 0.624. The standard InChI is InChI=1S/C6H10N2S/c1-8-5-6(7)3-4-9-2/h3-5H,1,7H2,2H3/b4-3-,6-5+. The van der Waals surface area contributed by atoms with E-state index in [-0.39, 0.29) is 0 Å². The van der Waals surface area contributed by atoms with E-state index >= 15 is 0 Å². The van der Waals surface area contributed by atoms with Gasteiger partial charge in [0.25, 0.3) is 0 Å². The van der Waals surface area contributed by atoms with Crippen LogP contribution in [0.4, 0.5) is 0 Å². The quantitative estimate of drug-likeness (QED) is 0.477. The summed E-state index contributed by atoms with van der Waals surface area (Å²) in [6.45, 7) is 3.26. The molecule has 0 amide bonds. The van der Waals surface area contributed by atoms with E-state index in [4.69, 9.17) is 5.73 Å². The molecule has 3 heteroatoms. The van der Waals surface area contributed by atoms with Gasteiger partial charge in [0.05, 0.1) is 5.70 Å². The average molecular weight is 142 g/mol. The van der Waals surface area contributed by atoms with Crippen LogP contribution in [0.5, 0.6) is 0 Å². The Labute approximate surface area is 59.5 Å². The van der Waals surface area contributed by atoms with Crippen LogP contribution in [0.1, 0.15) is 0 Å². The number of thioether (sulfide) groups is 1. The first-order valence-corrected chi connectivity index (χ1v) is 3.71. The summed E-state index contributed by atoms with van der Waals surface area (Å²) in [5.41, 5.74) is 6.02. The van der Waals surface area contributed by atoms with Gasteiger partial charge in [-0.2, -0.15) is 0 Å². The number of nitrogens with two attached hydrogens (primary N) is 1. The minimum atomic E-state index is 0.624. The van der Waals surface area contributed by atoms with Crippen LogP contribution in [0.25, 0.3) is 0 Å². The molecule has 0 bridgehead atoms. The molecule has 0 unspecified atom stereocenters. The summed E-state index contributed by atoms with van der Waals surface area (Å²) in [5.74, 6) is 0. The Kier molecular flexibility index (Phi) is 5.01. The van der Waals surface area contributed by atoms with E-state index in [0.717, 1.165) is 0 Å². The summed E-state index contributed by atoms with van der Waals surface area (Å²) in [5, 5.41) is 1.89. The lowest BCUT2D eigenvalue weighted by Gasteiger charge is -1.85. The number of hydrogen-bond donors (Lipinski definition) is 1. The Balaban J connectivity index is 3.74. The van der Waals surface area contributed by atoms with E-state index in [1.54, 1.807) is 17.8 Å². The van der Waals surface area contributed by atoms with Crippen LogP contribution in [0.2, 0.25) is 0 Å². The van der Waals surface area contributed by atoms with Gasteiger partial charge in [0.1, 0.15) is 0 Å². The third-order valence-corrected chi connectivity index (χ3v) is 1.05. The molecule has 0 aliphatic heterocycles. The summed E-state index contributed by atoms with van der Waals surface area (Å²) in [7, 11) is 0. The van der Waals surface area contributed by atoms with E-state index in [1.165, 1.54) is 6.20 Å². The van der Waals surface area contributed by atoms with Crippen molar-refractivity contribution in [1.29, 1.82) is 0 Å². The molecule has 50 valence electrons. The highest BCUT2D eigenvalue weighted by molar-refractivity contribution is 8.01. The van der Waals surface area contributed by atoms with Crippen LogP contribution in [0, 0.1) is 0 Å². The average Bonchev–Trinajstić information content (AvgIpc) is 1.85. The van der Waals surface area contributed by atoms with Crippen molar-refractivity contribution in [1.82, 2.24) is 0 Å². The SMILES string of the molecule is C=N/C=C(N)\C=C/SC. The molecule has 0 saturated carbocycles. The summed E-state index contributed by atoms with van der Waals surface area (Å²) < 4.78 is 0. The van der Waals surface area contributed by atoms with Crippen molar-refractivity contribution in [2.75, 3.05) is 6.26 Å². The summed E-state index contributed by atoms with van der Waals surface area (Å²) in [6, 6.07) is 0. The highest BCUT2D eigenvalue weighted by Gasteiger charge is 1.75. The van der Waals surface area contributed by atoms with Crippen molar-refractivity contribution in [2.45, 2.75) is 0 Å². The lowest BCUT2D eigenvalue weighted by atomic mass is 10.5. The molecular weight excluding hydrogens is 132 g/mol. The highest BCUT2D eigenvalue weighted by Crippen LogP contribution is 1.96. The second-order valence-electron chi connectivity index (χ2n) is 1.35. The highest BCUT2D eigenvalue weighted by atomic mass is 32.2. The predicted octanol–water partition coefficient (Wildman–Crippen LogP) is 1.36. The number of hydrogen-bond acceptors (Lipinski definition) is 3. The second kappa shape index (κ2) is 5.44. The Bertz CT molecular complexity index is 138. The topological polar surface area (TPSA) is 38.4 Å². The zero-order valence-electron chi connectivity index (χ0n) is 5.37. The zero-order valence-corrected chi connectivity index (χ0v) is 6.19. The molecular formula is C6H10N2S. The predicted molar refractivity (Wildman–Crippen MR) is 44.5 cm³/mol. The van der Waals surface area contributed by atoms with Crippen LogP contribution in [0.15, 0.2) is 28.4 Å². The molecule has 0 spiro atoms. The van der Waals surface area contributed by atoms with Crippen LogP contribution in [-0.2, 0) is 0 Å². The van der Waals surface area contributed by atoms with E-state index < -0.39 is 0 Å². The fraction of sp³-hybridized carbons (Fsp3) is 0.167. The van der Waals surface area contributed by atoms with Crippen molar-refractivity contribution >= 4 is 18.5 Å². The molecule has 9 heavy (non-hydrogen) atoms. The first-order valence-electron chi connectivity index (χ1n) is 2.42. The molecule has 2 nitrogen and oxygen atoms in total. The van der Waals surface area contributed by atoms with Crippen LogP contribution in [-0.4, -0.2) is 13.0 Å². The van der Waals surface area contributed by atoms with Gasteiger partial charge in [0, 0.05) is 6.20 Å². The third kappa shape index (κ3) is 5.17. The first-order chi connectivity index (χ1) is 4.31. The van der Waals surface area contributed by atoms with E-state index in [1.807, 2.05) is 11.7 Å². The van der Waals surface area contributed by atoms with Gasteiger partial charge >= 0.3 is 0 Å². The molecule has 0 aromatic carbocycles. The lowest BCUT2D eigenvalue weighted by molar-refractivity contribution is 1.38. The molecule has 0 heterocycles. The molecule has 0 aromatic heterocycles. The van der Waals surface area contributed by atoms with Gasteiger partial charge in [0.15, 0.2) is 0 Å². The molecule has 0 rings (SSSR count). The van der Waals surface area contributed by atoms with E-state index in [9.17, 15) is 0 Å². The number of aliphatic imine (C=N–C) groups is 1. The minimum Gasteiger partial charge on any atom is -0.397 e. The summed E-state index contributed by atoms with van der Waals surface area (Å²) >= 11 is 1.59. The summed E-state index contributed by atoms with van der Waals surface area (Å²) in [4.78, 5) is 3.49. The van der Waals surface area contributed by atoms with Gasteiger partial charge in [-0.05, 0) is 24.5 Å². The molecule has 0 aromatic rings. The van der Waals surface area contributed by atoms with E-state index in [0.29, 0.717) is 5.70 Å². The molecule has 0 fully saturated rings. The van der Waals surface area contributed by atoms with Crippen LogP contribution < -0.4 is 5.73 Å². The zero-order chi connectivity index (χ0) is 7.11. The van der Waals surface area contributed by atoms with Gasteiger partial charge in [-0.1, -0.05) is 0 Å². The van der Waals surface area contributed by atoms with Crippen molar-refractivity contribution in [3.63, 3.8) is 0 Å². The van der Waals surface area contributed by atoms with Gasteiger partial charge in [-0.3, -0.25) is 4.99 Å². The number of rotatable bonds is 3. The molecule has 0 atom stereocenters. The Hall–Kier alpha value is -0.700. The smallest absolute Gasteiger partial charge is 0.0504 e. The Morgan fingerprint density at radius 2 is 2.44 bits per heavy atom. The monoisotopic (exact) mass is 142 g/mol. The van der Waals surface area contributed by atoms with Gasteiger partial charge in [-0.15, -0.1) is 11.8 Å². The van der Waals surface area contributed by atoms with Gasteiger partial charge < -0.3 is 5.73 Å². The Morgan fingerprint density at radius 3 is 2.89 bits per heavy atom. The van der Waals surface area contributed by atoms with Crippen molar-refractivity contribution in [3.8, 4) is 0 Å². The summed E-state index contributed by atoms with van der Waals surface area (Å²) in [6.07, 6.45) is 5.25. The molecule has 0 aliphatic carbocycles. The fourth-order valence-corrected chi connectivity index (χ4v) is 0.588. The second-order valence-corrected chi connectivity index (χ2v) is 2.09. The number of nitrogens with zero attached hydrogens (tertiary/aromatic N) is 1. The maximum Gasteiger partial charge on any atom is 0.0504 e. The van der Waals surface area contributed by atoms with Crippen molar-refractivity contribution < 1.29 is 0 Å². The van der Waals surface area contributed by atoms with Crippen molar-refractivity contribution in [2.24, 2.45) is 10.7 Å². The molecule has 2 N–H and O–H groups in total. The normalized spacial score (nSPS) is 12.3. The van der Waals surface area contributed by atoms with Gasteiger partial charge in [-0.25, -0.2) is 0 Å². The Morgan fingerprint density at radius 1 is 1.78 bits per heavy atom.